The van der Waals surface area contributed by atoms with Crippen molar-refractivity contribution in [3.63, 3.8) is 0 Å². The molecule has 0 bridgehead atoms. The second-order valence-corrected chi connectivity index (χ2v) is 5.74. The highest BCUT2D eigenvalue weighted by Crippen LogP contribution is 2.31. The molecule has 0 radical (unpaired) electrons. The van der Waals surface area contributed by atoms with E-state index in [1.54, 1.807) is 0 Å². The zero-order valence-electron chi connectivity index (χ0n) is 11.8. The van der Waals surface area contributed by atoms with Crippen LogP contribution in [0.25, 0.3) is 0 Å². The molecule has 1 aliphatic rings. The van der Waals surface area contributed by atoms with Crippen molar-refractivity contribution in [2.75, 3.05) is 11.9 Å². The van der Waals surface area contributed by atoms with Gasteiger partial charge < -0.3 is 10.6 Å². The third-order valence-corrected chi connectivity index (χ3v) is 4.10. The monoisotopic (exact) mass is 247 g/mol. The van der Waals surface area contributed by atoms with Crippen molar-refractivity contribution in [1.82, 2.24) is 4.98 Å². The summed E-state index contributed by atoms with van der Waals surface area (Å²) >= 11 is 0. The van der Waals surface area contributed by atoms with Gasteiger partial charge in [-0.25, -0.2) is 4.98 Å². The first-order chi connectivity index (χ1) is 8.59. The molecule has 1 aromatic rings. The van der Waals surface area contributed by atoms with Crippen LogP contribution in [0, 0.1) is 5.92 Å². The maximum atomic E-state index is 6.04. The summed E-state index contributed by atoms with van der Waals surface area (Å²) in [6, 6.07) is 4.72. The summed E-state index contributed by atoms with van der Waals surface area (Å²) in [6.07, 6.45) is 7.11. The molecule has 2 rings (SSSR count). The van der Waals surface area contributed by atoms with Gasteiger partial charge in [0.2, 0.25) is 0 Å². The van der Waals surface area contributed by atoms with Gasteiger partial charge in [-0.15, -0.1) is 0 Å². The average molecular weight is 247 g/mol. The first-order valence-corrected chi connectivity index (χ1v) is 7.03. The number of nitrogens with two attached hydrogens (primary N) is 1. The molecule has 3 heteroatoms. The van der Waals surface area contributed by atoms with Gasteiger partial charge >= 0.3 is 0 Å². The minimum atomic E-state index is 0.0390. The van der Waals surface area contributed by atoms with Crippen LogP contribution in [0.1, 0.15) is 51.1 Å². The minimum absolute atomic E-state index is 0.0390. The number of hydrogen-bond acceptors (Lipinski definition) is 3. The van der Waals surface area contributed by atoms with E-state index in [-0.39, 0.29) is 6.04 Å². The van der Waals surface area contributed by atoms with Crippen LogP contribution in [-0.2, 0) is 0 Å². The van der Waals surface area contributed by atoms with E-state index in [4.69, 9.17) is 5.73 Å². The highest BCUT2D eigenvalue weighted by atomic mass is 15.2. The van der Waals surface area contributed by atoms with Crippen molar-refractivity contribution in [3.8, 4) is 0 Å². The standard InChI is InChI=1S/C15H25N3/c1-11-6-4-7-13(10-11)18(3)15-14(12(2)16)8-5-9-17-15/h5,8-9,11-13H,4,6-7,10,16H2,1-3H3/t11?,12-,13?/m0/s1. The average Bonchev–Trinajstić information content (AvgIpc) is 2.38. The molecule has 0 amide bonds. The van der Waals surface area contributed by atoms with E-state index in [1.807, 2.05) is 19.2 Å². The smallest absolute Gasteiger partial charge is 0.133 e. The Kier molecular flexibility index (Phi) is 4.23. The Morgan fingerprint density at radius 3 is 2.89 bits per heavy atom. The lowest BCUT2D eigenvalue weighted by Crippen LogP contribution is -2.37. The lowest BCUT2D eigenvalue weighted by molar-refractivity contribution is 0.335. The van der Waals surface area contributed by atoms with Gasteiger partial charge in [0, 0.05) is 30.9 Å². The Balaban J connectivity index is 2.19. The van der Waals surface area contributed by atoms with Crippen LogP contribution in [0.2, 0.25) is 0 Å². The van der Waals surface area contributed by atoms with Crippen molar-refractivity contribution in [2.45, 2.75) is 51.6 Å². The summed E-state index contributed by atoms with van der Waals surface area (Å²) in [5.41, 5.74) is 7.19. The summed E-state index contributed by atoms with van der Waals surface area (Å²) < 4.78 is 0. The number of aromatic nitrogens is 1. The van der Waals surface area contributed by atoms with Gasteiger partial charge in [-0.2, -0.15) is 0 Å². The molecule has 1 heterocycles. The number of rotatable bonds is 3. The van der Waals surface area contributed by atoms with Gasteiger partial charge in [0.15, 0.2) is 0 Å². The van der Waals surface area contributed by atoms with Gasteiger partial charge in [-0.3, -0.25) is 0 Å². The maximum absolute atomic E-state index is 6.04. The molecule has 2 N–H and O–H groups in total. The molecule has 1 saturated carbocycles. The Bertz CT molecular complexity index is 389. The Morgan fingerprint density at radius 2 is 2.22 bits per heavy atom. The van der Waals surface area contributed by atoms with E-state index in [9.17, 15) is 0 Å². The molecule has 1 fully saturated rings. The second kappa shape index (κ2) is 5.70. The van der Waals surface area contributed by atoms with Crippen LogP contribution in [-0.4, -0.2) is 18.1 Å². The summed E-state index contributed by atoms with van der Waals surface area (Å²) in [7, 11) is 2.16. The summed E-state index contributed by atoms with van der Waals surface area (Å²) in [4.78, 5) is 6.89. The molecule has 0 saturated heterocycles. The first kappa shape index (κ1) is 13.3. The molecular weight excluding hydrogens is 222 g/mol. The van der Waals surface area contributed by atoms with Crippen LogP contribution >= 0.6 is 0 Å². The van der Waals surface area contributed by atoms with Crippen molar-refractivity contribution in [1.29, 1.82) is 0 Å². The van der Waals surface area contributed by atoms with Crippen LogP contribution in [0.15, 0.2) is 18.3 Å². The highest BCUT2D eigenvalue weighted by molar-refractivity contribution is 5.48. The molecule has 100 valence electrons. The molecule has 3 atom stereocenters. The largest absolute Gasteiger partial charge is 0.356 e. The van der Waals surface area contributed by atoms with Gasteiger partial charge in [-0.1, -0.05) is 25.8 Å². The molecule has 2 unspecified atom stereocenters. The van der Waals surface area contributed by atoms with Crippen molar-refractivity contribution in [2.24, 2.45) is 11.7 Å². The lowest BCUT2D eigenvalue weighted by atomic mass is 9.86. The van der Waals surface area contributed by atoms with E-state index in [0.717, 1.165) is 17.3 Å². The fourth-order valence-electron chi connectivity index (χ4n) is 2.99. The van der Waals surface area contributed by atoms with Crippen LogP contribution in [0.4, 0.5) is 5.82 Å². The molecule has 1 aliphatic carbocycles. The second-order valence-electron chi connectivity index (χ2n) is 5.74. The Hall–Kier alpha value is -1.09. The van der Waals surface area contributed by atoms with Gasteiger partial charge in [0.05, 0.1) is 0 Å². The zero-order valence-corrected chi connectivity index (χ0v) is 11.8. The summed E-state index contributed by atoms with van der Waals surface area (Å²) in [6.45, 7) is 4.38. The predicted molar refractivity (Wildman–Crippen MR) is 76.7 cm³/mol. The zero-order chi connectivity index (χ0) is 13.1. The molecule has 0 spiro atoms. The molecule has 1 aromatic heterocycles. The molecular formula is C15H25N3. The van der Waals surface area contributed by atoms with Crippen molar-refractivity contribution < 1.29 is 0 Å². The van der Waals surface area contributed by atoms with Gasteiger partial charge in [-0.05, 0) is 31.7 Å². The van der Waals surface area contributed by atoms with Gasteiger partial charge in [0.1, 0.15) is 5.82 Å². The lowest BCUT2D eigenvalue weighted by Gasteiger charge is -2.36. The molecule has 3 nitrogen and oxygen atoms in total. The minimum Gasteiger partial charge on any atom is -0.356 e. The van der Waals surface area contributed by atoms with E-state index >= 15 is 0 Å². The predicted octanol–water partition coefficient (Wildman–Crippen LogP) is 3.12. The van der Waals surface area contributed by atoms with Crippen LogP contribution in [0.5, 0.6) is 0 Å². The number of anilines is 1. The summed E-state index contributed by atoms with van der Waals surface area (Å²) in [5.74, 6) is 1.89. The fraction of sp³-hybridized carbons (Fsp3) is 0.667. The highest BCUT2D eigenvalue weighted by Gasteiger charge is 2.24. The molecule has 0 aromatic carbocycles. The Morgan fingerprint density at radius 1 is 1.44 bits per heavy atom. The SMILES string of the molecule is CC1CCCC(N(C)c2ncccc2[C@H](C)N)C1. The number of hydrogen-bond donors (Lipinski definition) is 1. The van der Waals surface area contributed by atoms with Crippen LogP contribution in [0.3, 0.4) is 0 Å². The normalized spacial score (nSPS) is 25.8. The first-order valence-electron chi connectivity index (χ1n) is 7.03. The van der Waals surface area contributed by atoms with E-state index in [2.05, 4.69) is 29.9 Å². The van der Waals surface area contributed by atoms with Gasteiger partial charge in [0.25, 0.3) is 0 Å². The molecule has 0 aliphatic heterocycles. The third kappa shape index (κ3) is 2.83. The molecule has 18 heavy (non-hydrogen) atoms. The number of nitrogens with zero attached hydrogens (tertiary/aromatic N) is 2. The maximum Gasteiger partial charge on any atom is 0.133 e. The van der Waals surface area contributed by atoms with E-state index in [1.165, 1.54) is 25.7 Å². The quantitative estimate of drug-likeness (QED) is 0.892. The van der Waals surface area contributed by atoms with E-state index < -0.39 is 0 Å². The fourth-order valence-corrected chi connectivity index (χ4v) is 2.99. The topological polar surface area (TPSA) is 42.2 Å². The van der Waals surface area contributed by atoms with Crippen molar-refractivity contribution in [3.05, 3.63) is 23.9 Å². The Labute approximate surface area is 110 Å². The van der Waals surface area contributed by atoms with E-state index in [0.29, 0.717) is 6.04 Å². The third-order valence-electron chi connectivity index (χ3n) is 4.10. The van der Waals surface area contributed by atoms with Crippen molar-refractivity contribution >= 4 is 5.82 Å². The summed E-state index contributed by atoms with van der Waals surface area (Å²) in [5, 5.41) is 0. The van der Waals surface area contributed by atoms with Crippen LogP contribution < -0.4 is 10.6 Å². The number of pyridine rings is 1.